The summed E-state index contributed by atoms with van der Waals surface area (Å²) in [5, 5.41) is 0.890. The van der Waals surface area contributed by atoms with Crippen molar-refractivity contribution < 1.29 is 9.53 Å². The summed E-state index contributed by atoms with van der Waals surface area (Å²) in [4.78, 5) is 25.9. The van der Waals surface area contributed by atoms with Crippen molar-refractivity contribution >= 4 is 22.5 Å². The molecule has 3 aromatic rings. The third-order valence-electron chi connectivity index (χ3n) is 8.16. The zero-order valence-electron chi connectivity index (χ0n) is 21.5. The van der Waals surface area contributed by atoms with Crippen LogP contribution in [0.3, 0.4) is 0 Å². The summed E-state index contributed by atoms with van der Waals surface area (Å²) in [7, 11) is 1.64. The van der Waals surface area contributed by atoms with E-state index in [2.05, 4.69) is 24.7 Å². The van der Waals surface area contributed by atoms with Gasteiger partial charge in [-0.05, 0) is 91.2 Å². The van der Waals surface area contributed by atoms with Crippen molar-refractivity contribution in [2.24, 2.45) is 23.2 Å². The minimum atomic E-state index is -0.0639. The zero-order valence-corrected chi connectivity index (χ0v) is 21.5. The molecular weight excluding hydrogens is 450 g/mol. The summed E-state index contributed by atoms with van der Waals surface area (Å²) in [5.41, 5.74) is 8.82. The van der Waals surface area contributed by atoms with E-state index in [1.54, 1.807) is 17.7 Å². The molecule has 2 unspecified atom stereocenters. The predicted molar refractivity (Wildman–Crippen MR) is 144 cm³/mol. The Bertz CT molecular complexity index is 1280. The zero-order chi connectivity index (χ0) is 25.3. The monoisotopic (exact) mass is 487 g/mol. The first-order chi connectivity index (χ1) is 17.3. The number of anilines is 1. The second kappa shape index (κ2) is 10.00. The van der Waals surface area contributed by atoms with E-state index in [1.807, 2.05) is 48.5 Å². The van der Waals surface area contributed by atoms with Gasteiger partial charge in [-0.2, -0.15) is 0 Å². The number of aromatic nitrogens is 1. The van der Waals surface area contributed by atoms with Gasteiger partial charge in [-0.25, -0.2) is 0 Å². The van der Waals surface area contributed by atoms with E-state index in [0.29, 0.717) is 24.8 Å². The number of benzene rings is 2. The number of fused-ring (bicyclic) bond motifs is 3. The minimum Gasteiger partial charge on any atom is -0.497 e. The molecule has 2 aliphatic rings. The summed E-state index contributed by atoms with van der Waals surface area (Å²) in [6.45, 7) is 5.14. The van der Waals surface area contributed by atoms with Gasteiger partial charge in [0.1, 0.15) is 5.75 Å². The second-order valence-corrected chi connectivity index (χ2v) is 11.4. The lowest BCUT2D eigenvalue weighted by atomic mass is 9.55. The molecule has 1 aromatic heterocycles. The van der Waals surface area contributed by atoms with Crippen LogP contribution in [0.25, 0.3) is 10.9 Å². The number of methoxy groups -OCH3 is 1. The predicted octanol–water partition coefficient (Wildman–Crippen LogP) is 5.74. The number of ether oxygens (including phenoxy) is 1. The lowest BCUT2D eigenvalue weighted by Gasteiger charge is -2.49. The number of hydrogen-bond acceptors (Lipinski definition) is 4. The Morgan fingerprint density at radius 1 is 1.00 bits per heavy atom. The summed E-state index contributed by atoms with van der Waals surface area (Å²) in [6, 6.07) is 16.9. The van der Waals surface area contributed by atoms with Gasteiger partial charge < -0.3 is 9.30 Å². The number of amides is 1. The van der Waals surface area contributed by atoms with Gasteiger partial charge in [-0.3, -0.25) is 20.4 Å². The maximum Gasteiger partial charge on any atom is 0.251 e. The average molecular weight is 488 g/mol. The Kier molecular flexibility index (Phi) is 6.78. The quantitative estimate of drug-likeness (QED) is 0.417. The van der Waals surface area contributed by atoms with Gasteiger partial charge in [0.05, 0.1) is 24.9 Å². The summed E-state index contributed by atoms with van der Waals surface area (Å²) >= 11 is 0. The van der Waals surface area contributed by atoms with Crippen LogP contribution >= 0.6 is 0 Å². The molecule has 1 heterocycles. The molecule has 2 saturated carbocycles. The summed E-state index contributed by atoms with van der Waals surface area (Å²) < 4.78 is 7.00. The van der Waals surface area contributed by atoms with Crippen LogP contribution in [0.1, 0.15) is 57.9 Å². The fourth-order valence-electron chi connectivity index (χ4n) is 7.16. The smallest absolute Gasteiger partial charge is 0.251 e. The van der Waals surface area contributed by atoms with Crippen LogP contribution < -0.4 is 21.1 Å². The molecule has 2 aliphatic carbocycles. The number of hydrazine groups is 1. The number of nitrogens with one attached hydrogen (secondary N) is 2. The van der Waals surface area contributed by atoms with Crippen LogP contribution in [0, 0.1) is 23.2 Å². The third-order valence-corrected chi connectivity index (χ3v) is 8.16. The molecule has 6 nitrogen and oxygen atoms in total. The van der Waals surface area contributed by atoms with Crippen LogP contribution in [-0.2, 0) is 11.3 Å². The number of pyridine rings is 1. The van der Waals surface area contributed by atoms with Crippen LogP contribution in [0.5, 0.6) is 5.75 Å². The normalized spacial score (nSPS) is 25.4. The number of rotatable bonds is 7. The van der Waals surface area contributed by atoms with Crippen molar-refractivity contribution in [3.05, 3.63) is 70.5 Å². The molecule has 5 rings (SSSR count). The Balaban J connectivity index is 1.32. The Hall–Kier alpha value is -3.28. The molecule has 2 N–H and O–H groups in total. The van der Waals surface area contributed by atoms with E-state index in [9.17, 15) is 9.59 Å². The SMILES string of the molecule is COc1ccc(Cn2c(=O)ccc3c(NNC(=O)CC45CC(C)CC(CC(C)C4)C5)cccc32)cc1. The molecule has 6 heteroatoms. The lowest BCUT2D eigenvalue weighted by molar-refractivity contribution is -0.125. The largest absolute Gasteiger partial charge is 0.497 e. The first-order valence-electron chi connectivity index (χ1n) is 13.1. The Morgan fingerprint density at radius 3 is 2.42 bits per heavy atom. The van der Waals surface area contributed by atoms with Crippen molar-refractivity contribution in [2.75, 3.05) is 12.5 Å². The number of carbonyl (C=O) groups is 1. The molecule has 36 heavy (non-hydrogen) atoms. The van der Waals surface area contributed by atoms with Gasteiger partial charge >= 0.3 is 0 Å². The molecule has 190 valence electrons. The van der Waals surface area contributed by atoms with Crippen molar-refractivity contribution in [1.82, 2.24) is 9.99 Å². The molecule has 2 bridgehead atoms. The van der Waals surface area contributed by atoms with Crippen molar-refractivity contribution in [2.45, 2.75) is 58.9 Å². The average Bonchev–Trinajstić information content (AvgIpc) is 2.83. The molecule has 2 atom stereocenters. The topological polar surface area (TPSA) is 72.4 Å². The van der Waals surface area contributed by atoms with Gasteiger partial charge in [0.25, 0.3) is 5.56 Å². The standard InChI is InChI=1S/C30H37N3O3/c1-20-13-23-14-21(2)16-30(15-20,17-23)18-28(34)32-31-26-5-4-6-27-25(26)11-12-29(35)33(27)19-22-7-9-24(36-3)10-8-22/h4-12,20-21,23,31H,13-19H2,1-3H3,(H,32,34). The molecule has 0 aliphatic heterocycles. The van der Waals surface area contributed by atoms with Gasteiger partial charge in [0.2, 0.25) is 5.91 Å². The van der Waals surface area contributed by atoms with E-state index < -0.39 is 0 Å². The highest BCUT2D eigenvalue weighted by atomic mass is 16.5. The molecule has 0 saturated heterocycles. The Morgan fingerprint density at radius 2 is 1.72 bits per heavy atom. The van der Waals surface area contributed by atoms with Crippen LogP contribution in [0.15, 0.2) is 59.4 Å². The Labute approximate surface area is 213 Å². The fraction of sp³-hybridized carbons (Fsp3) is 0.467. The van der Waals surface area contributed by atoms with Crippen LogP contribution in [0.4, 0.5) is 5.69 Å². The fourth-order valence-corrected chi connectivity index (χ4v) is 7.16. The van der Waals surface area contributed by atoms with Crippen LogP contribution in [-0.4, -0.2) is 17.6 Å². The van der Waals surface area contributed by atoms with E-state index in [1.165, 1.54) is 19.3 Å². The van der Waals surface area contributed by atoms with Gasteiger partial charge in [-0.15, -0.1) is 0 Å². The maximum atomic E-state index is 13.1. The second-order valence-electron chi connectivity index (χ2n) is 11.4. The van der Waals surface area contributed by atoms with Gasteiger partial charge in [-0.1, -0.05) is 32.0 Å². The molecule has 2 aromatic carbocycles. The highest BCUT2D eigenvalue weighted by Gasteiger charge is 2.45. The van der Waals surface area contributed by atoms with E-state index in [0.717, 1.165) is 46.7 Å². The third kappa shape index (κ3) is 5.13. The molecule has 0 radical (unpaired) electrons. The van der Waals surface area contributed by atoms with Crippen molar-refractivity contribution in [3.63, 3.8) is 0 Å². The molecule has 2 fully saturated rings. The van der Waals surface area contributed by atoms with Crippen molar-refractivity contribution in [1.29, 1.82) is 0 Å². The van der Waals surface area contributed by atoms with E-state index in [-0.39, 0.29) is 16.9 Å². The maximum absolute atomic E-state index is 13.1. The van der Waals surface area contributed by atoms with Gasteiger partial charge in [0, 0.05) is 17.9 Å². The highest BCUT2D eigenvalue weighted by molar-refractivity contribution is 5.92. The van der Waals surface area contributed by atoms with Crippen molar-refractivity contribution in [3.8, 4) is 5.75 Å². The minimum absolute atomic E-state index is 0.0421. The molecular formula is C30H37N3O3. The first-order valence-corrected chi connectivity index (χ1v) is 13.1. The highest BCUT2D eigenvalue weighted by Crippen LogP contribution is 2.54. The number of carbonyl (C=O) groups excluding carboxylic acids is 1. The lowest BCUT2D eigenvalue weighted by Crippen LogP contribution is -2.43. The number of hydrogen-bond donors (Lipinski definition) is 2. The summed E-state index contributed by atoms with van der Waals surface area (Å²) in [5.74, 6) is 2.97. The van der Waals surface area contributed by atoms with E-state index >= 15 is 0 Å². The first kappa shape index (κ1) is 24.4. The molecule has 0 spiro atoms. The summed E-state index contributed by atoms with van der Waals surface area (Å²) in [6.07, 6.45) is 6.65. The van der Waals surface area contributed by atoms with E-state index in [4.69, 9.17) is 4.74 Å². The van der Waals surface area contributed by atoms with Crippen LogP contribution in [0.2, 0.25) is 0 Å². The van der Waals surface area contributed by atoms with Gasteiger partial charge in [0.15, 0.2) is 0 Å². The molecule has 1 amide bonds. The number of nitrogens with zero attached hydrogens (tertiary/aromatic N) is 1.